The molecule has 1 heterocycles. The van der Waals surface area contributed by atoms with Crippen LogP contribution in [-0.2, 0) is 7.05 Å². The molecule has 1 N–H and O–H groups in total. The van der Waals surface area contributed by atoms with Gasteiger partial charge >= 0.3 is 0 Å². The summed E-state index contributed by atoms with van der Waals surface area (Å²) in [7, 11) is 3.58. The summed E-state index contributed by atoms with van der Waals surface area (Å²) < 4.78 is 28.9. The van der Waals surface area contributed by atoms with E-state index in [1.807, 2.05) is 31.3 Å². The molecule has 1 aromatic heterocycles. The van der Waals surface area contributed by atoms with Crippen LogP contribution in [0.5, 0.6) is 0 Å². The zero-order valence-corrected chi connectivity index (χ0v) is 11.8. The van der Waals surface area contributed by atoms with Gasteiger partial charge in [0.2, 0.25) is 0 Å². The first kappa shape index (κ1) is 13.7. The second-order valence-electron chi connectivity index (χ2n) is 4.91. The number of hydrogen-bond acceptors (Lipinski definition) is 2. The van der Waals surface area contributed by atoms with Crippen LogP contribution in [0.15, 0.2) is 42.5 Å². The highest BCUT2D eigenvalue weighted by molar-refractivity contribution is 5.82. The highest BCUT2D eigenvalue weighted by Gasteiger charge is 2.22. The lowest BCUT2D eigenvalue weighted by atomic mass is 10.0. The summed E-state index contributed by atoms with van der Waals surface area (Å²) in [5.41, 5.74) is 2.07. The van der Waals surface area contributed by atoms with Crippen molar-refractivity contribution < 1.29 is 8.78 Å². The molecule has 0 saturated carbocycles. The molecule has 5 heteroatoms. The molecule has 3 nitrogen and oxygen atoms in total. The second-order valence-corrected chi connectivity index (χ2v) is 4.91. The van der Waals surface area contributed by atoms with Crippen molar-refractivity contribution in [3.8, 4) is 0 Å². The minimum absolute atomic E-state index is 0.378. The molecule has 0 bridgehead atoms. The summed E-state index contributed by atoms with van der Waals surface area (Å²) in [6.45, 7) is 0. The summed E-state index contributed by atoms with van der Waals surface area (Å²) in [6, 6.07) is 10.9. The Bertz CT molecular complexity index is 795. The van der Waals surface area contributed by atoms with Crippen LogP contribution in [0.4, 0.5) is 8.78 Å². The number of nitrogens with zero attached hydrogens (tertiary/aromatic N) is 2. The average Bonchev–Trinajstić information content (AvgIpc) is 2.80. The van der Waals surface area contributed by atoms with Crippen molar-refractivity contribution >= 4 is 10.9 Å². The summed E-state index contributed by atoms with van der Waals surface area (Å²) >= 11 is 0. The largest absolute Gasteiger partial charge is 0.308 e. The van der Waals surface area contributed by atoms with E-state index in [-0.39, 0.29) is 0 Å². The number of aromatic nitrogens is 2. The van der Waals surface area contributed by atoms with Crippen LogP contribution in [0, 0.1) is 11.6 Å². The summed E-state index contributed by atoms with van der Waals surface area (Å²) in [4.78, 5) is 0. The molecule has 2 aromatic carbocycles. The Morgan fingerprint density at radius 3 is 2.62 bits per heavy atom. The molecule has 0 aliphatic carbocycles. The SMILES string of the molecule is CNC(c1ccc(F)cc1F)c1nn(C)c2ccccc12. The maximum absolute atomic E-state index is 14.1. The first-order valence-corrected chi connectivity index (χ1v) is 6.65. The van der Waals surface area contributed by atoms with Crippen LogP contribution >= 0.6 is 0 Å². The second kappa shape index (κ2) is 5.26. The quantitative estimate of drug-likeness (QED) is 0.802. The summed E-state index contributed by atoms with van der Waals surface area (Å²) in [5.74, 6) is -1.17. The molecule has 0 amide bonds. The maximum atomic E-state index is 14.1. The monoisotopic (exact) mass is 287 g/mol. The Balaban J connectivity index is 2.18. The van der Waals surface area contributed by atoms with Crippen LogP contribution < -0.4 is 5.32 Å². The summed E-state index contributed by atoms with van der Waals surface area (Å²) in [6.07, 6.45) is 0. The molecule has 21 heavy (non-hydrogen) atoms. The number of halogens is 2. The van der Waals surface area contributed by atoms with Gasteiger partial charge in [-0.2, -0.15) is 5.10 Å². The standard InChI is InChI=1S/C16H15F2N3/c1-19-15(11-8-7-10(17)9-13(11)18)16-12-5-3-4-6-14(12)21(2)20-16/h3-9,15,19H,1-2H3. The van der Waals surface area contributed by atoms with Crippen molar-refractivity contribution in [2.24, 2.45) is 7.05 Å². The molecule has 3 aromatic rings. The Morgan fingerprint density at radius 2 is 1.90 bits per heavy atom. The number of benzene rings is 2. The minimum atomic E-state index is -0.586. The lowest BCUT2D eigenvalue weighted by Crippen LogP contribution is -2.20. The highest BCUT2D eigenvalue weighted by Crippen LogP contribution is 2.29. The fraction of sp³-hybridized carbons (Fsp3) is 0.188. The first-order valence-electron chi connectivity index (χ1n) is 6.65. The zero-order chi connectivity index (χ0) is 15.0. The van der Waals surface area contributed by atoms with E-state index in [1.165, 1.54) is 12.1 Å². The number of hydrogen-bond donors (Lipinski definition) is 1. The lowest BCUT2D eigenvalue weighted by molar-refractivity contribution is 0.546. The van der Waals surface area contributed by atoms with Crippen LogP contribution in [-0.4, -0.2) is 16.8 Å². The van der Waals surface area contributed by atoms with Crippen LogP contribution in [0.1, 0.15) is 17.3 Å². The number of aryl methyl sites for hydroxylation is 1. The molecule has 1 unspecified atom stereocenters. The van der Waals surface area contributed by atoms with Gasteiger partial charge < -0.3 is 5.32 Å². The topological polar surface area (TPSA) is 29.9 Å². The van der Waals surface area contributed by atoms with Gasteiger partial charge in [-0.3, -0.25) is 4.68 Å². The van der Waals surface area contributed by atoms with Crippen molar-refractivity contribution in [3.05, 3.63) is 65.4 Å². The third-order valence-electron chi connectivity index (χ3n) is 3.62. The molecule has 3 rings (SSSR count). The highest BCUT2D eigenvalue weighted by atomic mass is 19.1. The Labute approximate surface area is 121 Å². The van der Waals surface area contributed by atoms with Crippen molar-refractivity contribution in [2.75, 3.05) is 7.05 Å². The maximum Gasteiger partial charge on any atom is 0.131 e. The van der Waals surface area contributed by atoms with Gasteiger partial charge in [-0.15, -0.1) is 0 Å². The molecule has 0 saturated heterocycles. The smallest absolute Gasteiger partial charge is 0.131 e. The van der Waals surface area contributed by atoms with Gasteiger partial charge in [0.25, 0.3) is 0 Å². The molecular weight excluding hydrogens is 272 g/mol. The van der Waals surface area contributed by atoms with E-state index in [1.54, 1.807) is 11.7 Å². The van der Waals surface area contributed by atoms with E-state index < -0.39 is 17.7 Å². The van der Waals surface area contributed by atoms with Crippen LogP contribution in [0.25, 0.3) is 10.9 Å². The molecule has 0 radical (unpaired) electrons. The normalized spacial score (nSPS) is 12.8. The molecule has 0 fully saturated rings. The van der Waals surface area contributed by atoms with Crippen molar-refractivity contribution in [2.45, 2.75) is 6.04 Å². The fourth-order valence-electron chi connectivity index (χ4n) is 2.63. The van der Waals surface area contributed by atoms with Gasteiger partial charge in [0.05, 0.1) is 17.3 Å². The van der Waals surface area contributed by atoms with E-state index in [0.717, 1.165) is 22.7 Å². The van der Waals surface area contributed by atoms with Crippen LogP contribution in [0.2, 0.25) is 0 Å². The average molecular weight is 287 g/mol. The van der Waals surface area contributed by atoms with E-state index in [9.17, 15) is 8.78 Å². The van der Waals surface area contributed by atoms with Gasteiger partial charge in [-0.1, -0.05) is 24.3 Å². The number of rotatable bonds is 3. The lowest BCUT2D eigenvalue weighted by Gasteiger charge is -2.15. The predicted molar refractivity (Wildman–Crippen MR) is 78.0 cm³/mol. The van der Waals surface area contributed by atoms with E-state index in [4.69, 9.17) is 0 Å². The molecule has 1 atom stereocenters. The minimum Gasteiger partial charge on any atom is -0.308 e. The Morgan fingerprint density at radius 1 is 1.14 bits per heavy atom. The Kier molecular flexibility index (Phi) is 3.43. The van der Waals surface area contributed by atoms with Gasteiger partial charge in [0.1, 0.15) is 11.6 Å². The molecule has 0 aliphatic heterocycles. The van der Waals surface area contributed by atoms with Crippen molar-refractivity contribution in [3.63, 3.8) is 0 Å². The van der Waals surface area contributed by atoms with Gasteiger partial charge in [0, 0.05) is 24.1 Å². The van der Waals surface area contributed by atoms with E-state index in [0.29, 0.717) is 5.56 Å². The molecule has 0 spiro atoms. The fourth-order valence-corrected chi connectivity index (χ4v) is 2.63. The number of fused-ring (bicyclic) bond motifs is 1. The molecule has 0 aliphatic rings. The number of nitrogens with one attached hydrogen (secondary N) is 1. The van der Waals surface area contributed by atoms with Crippen molar-refractivity contribution in [1.29, 1.82) is 0 Å². The third-order valence-corrected chi connectivity index (χ3v) is 3.62. The zero-order valence-electron chi connectivity index (χ0n) is 11.8. The number of para-hydroxylation sites is 1. The predicted octanol–water partition coefficient (Wildman–Crippen LogP) is 3.16. The summed E-state index contributed by atoms with van der Waals surface area (Å²) in [5, 5.41) is 8.50. The van der Waals surface area contributed by atoms with Gasteiger partial charge in [-0.25, -0.2) is 8.78 Å². The van der Waals surface area contributed by atoms with E-state index in [2.05, 4.69) is 10.4 Å². The molecule has 108 valence electrons. The molecular formula is C16H15F2N3. The van der Waals surface area contributed by atoms with Gasteiger partial charge in [0.15, 0.2) is 0 Å². The Hall–Kier alpha value is -2.27. The van der Waals surface area contributed by atoms with E-state index >= 15 is 0 Å². The van der Waals surface area contributed by atoms with Crippen molar-refractivity contribution in [1.82, 2.24) is 15.1 Å². The first-order chi connectivity index (χ1) is 10.1. The van der Waals surface area contributed by atoms with Crippen LogP contribution in [0.3, 0.4) is 0 Å². The third kappa shape index (κ3) is 2.29. The van der Waals surface area contributed by atoms with Gasteiger partial charge in [-0.05, 0) is 19.2 Å².